The summed E-state index contributed by atoms with van der Waals surface area (Å²) in [5.41, 5.74) is 3.48. The highest BCUT2D eigenvalue weighted by atomic mass is 35.5. The van der Waals surface area contributed by atoms with Crippen LogP contribution in [-0.2, 0) is 26.6 Å². The van der Waals surface area contributed by atoms with Crippen LogP contribution in [0, 0.1) is 23.7 Å². The largest absolute Gasteiger partial charge is 0.490 e. The van der Waals surface area contributed by atoms with Crippen molar-refractivity contribution < 1.29 is 22.7 Å². The molecule has 0 radical (unpaired) electrons. The number of benzene rings is 2. The fourth-order valence-corrected chi connectivity index (χ4v) is 9.08. The second-order valence-corrected chi connectivity index (χ2v) is 15.1. The molecule has 9 heteroatoms. The Balaban J connectivity index is 1.43. The molecule has 2 heterocycles. The van der Waals surface area contributed by atoms with Gasteiger partial charge in [0, 0.05) is 36.2 Å². The Bertz CT molecular complexity index is 1490. The lowest BCUT2D eigenvalue weighted by Gasteiger charge is -2.46. The Labute approximate surface area is 254 Å². The smallest absolute Gasteiger partial charge is 0.264 e. The summed E-state index contributed by atoms with van der Waals surface area (Å²) in [5, 5.41) is 0.749. The molecule has 2 aromatic carbocycles. The minimum atomic E-state index is -3.84. The van der Waals surface area contributed by atoms with Crippen LogP contribution in [-0.4, -0.2) is 53.0 Å². The molecule has 1 amide bonds. The summed E-state index contributed by atoms with van der Waals surface area (Å²) in [6, 6.07) is 11.5. The number of ether oxygens (including phenoxy) is 2. The standard InChI is InChI=1S/C33H41ClN2O5S/c1-21-6-12-30(40-3)27-10-7-25(27)17-36-19-33(14-4-5-23-15-26(34)9-11-28(23)33)20-41-31-13-8-24(16-29(31)36)32(37)35-42(38,39)18-22(21)2/h6,8-9,11-13,15-16,21-22,25,27,30H,4-5,7,10,14,17-20H2,1-3H3,(H,35,37)/b12-6-/t21-,22+,25+,27-,30-,33+/m1/s1. The predicted molar refractivity (Wildman–Crippen MR) is 166 cm³/mol. The number of sulfonamides is 1. The van der Waals surface area contributed by atoms with Crippen molar-refractivity contribution in [3.8, 4) is 5.75 Å². The van der Waals surface area contributed by atoms with Gasteiger partial charge in [0.05, 0.1) is 24.2 Å². The minimum Gasteiger partial charge on any atom is -0.490 e. The zero-order chi connectivity index (χ0) is 29.6. The van der Waals surface area contributed by atoms with Gasteiger partial charge in [-0.15, -0.1) is 0 Å². The van der Waals surface area contributed by atoms with E-state index in [0.29, 0.717) is 24.0 Å². The molecule has 42 heavy (non-hydrogen) atoms. The highest BCUT2D eigenvalue weighted by Crippen LogP contribution is 2.47. The molecule has 2 aliphatic heterocycles. The molecule has 2 aliphatic carbocycles. The minimum absolute atomic E-state index is 0.00846. The fourth-order valence-electron chi connectivity index (χ4n) is 7.40. The third kappa shape index (κ3) is 5.70. The number of allylic oxidation sites excluding steroid dienone is 1. The third-order valence-corrected chi connectivity index (χ3v) is 11.9. The number of methoxy groups -OCH3 is 1. The predicted octanol–water partition coefficient (Wildman–Crippen LogP) is 5.76. The lowest BCUT2D eigenvalue weighted by atomic mass is 9.68. The van der Waals surface area contributed by atoms with Crippen LogP contribution in [0.1, 0.15) is 61.0 Å². The second kappa shape index (κ2) is 11.5. The average molecular weight is 613 g/mol. The van der Waals surface area contributed by atoms with Crippen molar-refractivity contribution in [1.29, 1.82) is 0 Å². The van der Waals surface area contributed by atoms with Crippen LogP contribution in [0.2, 0.25) is 5.02 Å². The van der Waals surface area contributed by atoms with Gasteiger partial charge >= 0.3 is 0 Å². The summed E-state index contributed by atoms with van der Waals surface area (Å²) in [6.07, 6.45) is 9.38. The Morgan fingerprint density at radius 1 is 1.12 bits per heavy atom. The van der Waals surface area contributed by atoms with E-state index in [9.17, 15) is 13.2 Å². The molecule has 4 aliphatic rings. The number of carbonyl (C=O) groups is 1. The molecule has 7 nitrogen and oxygen atoms in total. The Kier molecular flexibility index (Phi) is 8.09. The highest BCUT2D eigenvalue weighted by Gasteiger charge is 2.44. The Morgan fingerprint density at radius 3 is 2.71 bits per heavy atom. The first-order valence-corrected chi connectivity index (χ1v) is 17.2. The van der Waals surface area contributed by atoms with Gasteiger partial charge in [-0.25, -0.2) is 13.1 Å². The summed E-state index contributed by atoms with van der Waals surface area (Å²) < 4.78 is 40.9. The van der Waals surface area contributed by atoms with Gasteiger partial charge in [-0.2, -0.15) is 0 Å². The number of nitrogens with one attached hydrogen (secondary N) is 1. The van der Waals surface area contributed by atoms with Gasteiger partial charge in [0.1, 0.15) is 5.75 Å². The maximum absolute atomic E-state index is 13.3. The van der Waals surface area contributed by atoms with Gasteiger partial charge in [-0.1, -0.05) is 43.7 Å². The first-order valence-electron chi connectivity index (χ1n) is 15.1. The molecule has 0 unspecified atom stereocenters. The molecule has 6 rings (SSSR count). The second-order valence-electron chi connectivity index (χ2n) is 12.9. The van der Waals surface area contributed by atoms with Crippen LogP contribution < -0.4 is 14.4 Å². The zero-order valence-corrected chi connectivity index (χ0v) is 26.2. The highest BCUT2D eigenvalue weighted by molar-refractivity contribution is 7.90. The molecule has 1 fully saturated rings. The molecule has 1 N–H and O–H groups in total. The molecule has 1 saturated carbocycles. The normalized spacial score (nSPS) is 33.3. The van der Waals surface area contributed by atoms with Gasteiger partial charge in [-0.05, 0) is 97.2 Å². The molecule has 2 aromatic rings. The van der Waals surface area contributed by atoms with Crippen LogP contribution in [0.4, 0.5) is 5.69 Å². The van der Waals surface area contributed by atoms with E-state index < -0.39 is 15.9 Å². The van der Waals surface area contributed by atoms with E-state index >= 15 is 0 Å². The Hall–Kier alpha value is -2.55. The summed E-state index contributed by atoms with van der Waals surface area (Å²) in [4.78, 5) is 15.7. The molecule has 2 bridgehead atoms. The number of rotatable bonds is 1. The first kappa shape index (κ1) is 29.5. The van der Waals surface area contributed by atoms with Crippen molar-refractivity contribution in [3.63, 3.8) is 0 Å². The molecular weight excluding hydrogens is 572 g/mol. The SMILES string of the molecule is CO[C@@H]1/C=C\[C@@H](C)[C@@H](C)CS(=O)(=O)NC(=O)c2ccc3c(c2)N(C[C@@H]2CC[C@H]21)C[C@@]1(CCCc2cc(Cl)ccc21)CO3. The number of hydrogen-bond donors (Lipinski definition) is 1. The van der Waals surface area contributed by atoms with Gasteiger partial charge in [0.2, 0.25) is 10.0 Å². The number of hydrogen-bond acceptors (Lipinski definition) is 6. The number of fused-ring (bicyclic) bond motifs is 4. The fraction of sp³-hybridized carbons (Fsp3) is 0.545. The summed E-state index contributed by atoms with van der Waals surface area (Å²) in [6.45, 7) is 5.99. The number of carbonyl (C=O) groups excluding carboxylic acids is 1. The van der Waals surface area contributed by atoms with Crippen LogP contribution >= 0.6 is 11.6 Å². The molecule has 226 valence electrons. The quantitative estimate of drug-likeness (QED) is 0.413. The lowest BCUT2D eigenvalue weighted by molar-refractivity contribution is 0.0130. The maximum Gasteiger partial charge on any atom is 0.264 e. The van der Waals surface area contributed by atoms with Crippen molar-refractivity contribution in [3.05, 3.63) is 70.3 Å². The maximum atomic E-state index is 13.3. The van der Waals surface area contributed by atoms with Crippen LogP contribution in [0.5, 0.6) is 5.75 Å². The molecule has 6 atom stereocenters. The Morgan fingerprint density at radius 2 is 1.95 bits per heavy atom. The van der Waals surface area contributed by atoms with Crippen molar-refractivity contribution in [2.24, 2.45) is 23.7 Å². The summed E-state index contributed by atoms with van der Waals surface area (Å²) >= 11 is 6.40. The van der Waals surface area contributed by atoms with Gasteiger partial charge < -0.3 is 14.4 Å². The lowest BCUT2D eigenvalue weighted by Crippen LogP contribution is -2.49. The molecule has 0 saturated heterocycles. The summed E-state index contributed by atoms with van der Waals surface area (Å²) in [5.74, 6) is 0.573. The number of anilines is 1. The van der Waals surface area contributed by atoms with E-state index in [4.69, 9.17) is 21.1 Å². The van der Waals surface area contributed by atoms with Crippen molar-refractivity contribution >= 4 is 33.2 Å². The van der Waals surface area contributed by atoms with E-state index in [1.807, 2.05) is 32.0 Å². The van der Waals surface area contributed by atoms with E-state index in [1.54, 1.807) is 13.2 Å². The van der Waals surface area contributed by atoms with Crippen LogP contribution in [0.3, 0.4) is 0 Å². The van der Waals surface area contributed by atoms with E-state index in [2.05, 4.69) is 33.9 Å². The van der Waals surface area contributed by atoms with Gasteiger partial charge in [0.25, 0.3) is 5.91 Å². The number of amides is 1. The van der Waals surface area contributed by atoms with Gasteiger partial charge in [-0.3, -0.25) is 4.79 Å². The number of nitrogens with zero attached hydrogens (tertiary/aromatic N) is 1. The van der Waals surface area contributed by atoms with Crippen molar-refractivity contribution in [2.75, 3.05) is 37.5 Å². The topological polar surface area (TPSA) is 84.9 Å². The first-order chi connectivity index (χ1) is 20.1. The van der Waals surface area contributed by atoms with E-state index in [0.717, 1.165) is 61.7 Å². The summed E-state index contributed by atoms with van der Waals surface area (Å²) in [7, 11) is -2.08. The van der Waals surface area contributed by atoms with Crippen LogP contribution in [0.25, 0.3) is 0 Å². The number of aryl methyl sites for hydroxylation is 1. The van der Waals surface area contributed by atoms with E-state index in [1.165, 1.54) is 11.1 Å². The average Bonchev–Trinajstić information content (AvgIpc) is 3.08. The van der Waals surface area contributed by atoms with Crippen LogP contribution in [0.15, 0.2) is 48.6 Å². The zero-order valence-electron chi connectivity index (χ0n) is 24.6. The molecule has 1 spiro atoms. The monoisotopic (exact) mass is 612 g/mol. The van der Waals surface area contributed by atoms with Gasteiger partial charge in [0.15, 0.2) is 0 Å². The number of halogens is 1. The van der Waals surface area contributed by atoms with Crippen molar-refractivity contribution in [2.45, 2.75) is 57.5 Å². The van der Waals surface area contributed by atoms with E-state index in [-0.39, 0.29) is 29.1 Å². The molecular formula is C33H41ClN2O5S. The third-order valence-electron chi connectivity index (χ3n) is 10.2. The molecule has 0 aromatic heterocycles. The van der Waals surface area contributed by atoms with Crippen molar-refractivity contribution in [1.82, 2.24) is 4.72 Å².